The van der Waals surface area contributed by atoms with Gasteiger partial charge in [-0.1, -0.05) is 212 Å². The summed E-state index contributed by atoms with van der Waals surface area (Å²) in [6.45, 7) is 0. The molecule has 0 N–H and O–H groups in total. The minimum absolute atomic E-state index is 0.926. The van der Waals surface area contributed by atoms with Gasteiger partial charge in [-0.15, -0.1) is 0 Å². The third-order valence-electron chi connectivity index (χ3n) is 19.5. The van der Waals surface area contributed by atoms with Gasteiger partial charge in [0.2, 0.25) is 0 Å². The number of hydrogen-bond acceptors (Lipinski definition) is 6. The van der Waals surface area contributed by atoms with Crippen molar-refractivity contribution in [3.63, 3.8) is 0 Å². The Morgan fingerprint density at radius 2 is 0.448 bits per heavy atom. The van der Waals surface area contributed by atoms with Crippen LogP contribution in [0, 0.1) is 0 Å². The molecule has 0 aliphatic carbocycles. The van der Waals surface area contributed by atoms with E-state index in [-0.39, 0.29) is 0 Å². The van der Waals surface area contributed by atoms with Crippen molar-refractivity contribution < 1.29 is 0 Å². The van der Waals surface area contributed by atoms with Gasteiger partial charge >= 0.3 is 0 Å². The van der Waals surface area contributed by atoms with E-state index in [4.69, 9.17) is 9.97 Å². The summed E-state index contributed by atoms with van der Waals surface area (Å²) in [5.41, 5.74) is 26.9. The van der Waals surface area contributed by atoms with Gasteiger partial charge < -0.3 is 0 Å². The predicted molar refractivity (Wildman–Crippen MR) is 397 cm³/mol. The van der Waals surface area contributed by atoms with Gasteiger partial charge in [0.05, 0.1) is 33.8 Å². The number of benzene rings is 11. The lowest BCUT2D eigenvalue weighted by molar-refractivity contribution is 0.904. The molecule has 6 heteroatoms. The molecule has 0 saturated heterocycles. The van der Waals surface area contributed by atoms with Crippen LogP contribution in [0.3, 0.4) is 0 Å². The smallest absolute Gasteiger partial charge is 0.116 e. The van der Waals surface area contributed by atoms with E-state index in [9.17, 15) is 0 Å². The zero-order valence-corrected chi connectivity index (χ0v) is 53.9. The van der Waals surface area contributed by atoms with Crippen molar-refractivity contribution in [2.24, 2.45) is 0 Å². The minimum Gasteiger partial charge on any atom is -0.256 e. The number of fused-ring (bicyclic) bond motifs is 6. The molecule has 11 aromatic carbocycles. The maximum atomic E-state index is 5.09. The van der Waals surface area contributed by atoms with Crippen molar-refractivity contribution in [3.8, 4) is 45.0 Å². The zero-order valence-electron chi connectivity index (χ0n) is 53.9. The van der Waals surface area contributed by atoms with E-state index in [1.165, 1.54) is 104 Å². The van der Waals surface area contributed by atoms with Gasteiger partial charge in [-0.05, 0) is 214 Å². The lowest BCUT2D eigenvalue weighted by atomic mass is 9.88. The molecule has 0 saturated carbocycles. The number of pyridine rings is 4. The molecule has 16 rings (SSSR count). The van der Waals surface area contributed by atoms with Crippen LogP contribution in [0.2, 0.25) is 0 Å². The number of aromatic nitrogens is 6. The highest BCUT2D eigenvalue weighted by Gasteiger charge is 2.20. The fourth-order valence-corrected chi connectivity index (χ4v) is 14.4. The van der Waals surface area contributed by atoms with Crippen LogP contribution in [0.5, 0.6) is 0 Å². The summed E-state index contributed by atoms with van der Waals surface area (Å²) in [6, 6.07) is 96.1. The Labute approximate surface area is 561 Å². The van der Waals surface area contributed by atoms with Crippen LogP contribution in [0.25, 0.3) is 99.2 Å². The van der Waals surface area contributed by atoms with Crippen LogP contribution in [-0.2, 0) is 77.0 Å². The summed E-state index contributed by atoms with van der Waals surface area (Å²) in [5.74, 6) is 0. The number of hydrogen-bond donors (Lipinski definition) is 0. The van der Waals surface area contributed by atoms with E-state index < -0.39 is 0 Å². The molecule has 462 valence electrons. The largest absolute Gasteiger partial charge is 0.256 e. The predicted octanol–water partition coefficient (Wildman–Crippen LogP) is 20.6. The summed E-state index contributed by atoms with van der Waals surface area (Å²) in [4.78, 5) is 28.5. The van der Waals surface area contributed by atoms with Crippen molar-refractivity contribution in [1.82, 2.24) is 29.9 Å². The first-order chi connectivity index (χ1) is 47.5. The summed E-state index contributed by atoms with van der Waals surface area (Å²) in [5, 5.41) is 9.76. The van der Waals surface area contributed by atoms with E-state index in [2.05, 4.69) is 232 Å². The van der Waals surface area contributed by atoms with Gasteiger partial charge in [-0.2, -0.15) is 0 Å². The second-order valence-electron chi connectivity index (χ2n) is 25.9. The summed E-state index contributed by atoms with van der Waals surface area (Å²) in [7, 11) is 0. The standard InChI is InChI=1S/C90H72N6/c1-5-48-91-83(12-1)73-38-28-61(29-39-73)16-22-67-52-68(23-17-62-30-40-74(41-31-62)84-13-2-6-49-92-84)55-71(54-67)26-20-65-36-46-79-81(58-65)77-10-9-11-78-82-59-66(37-47-80(82)90-88(87(77)78)89(79)95-60-96-90)21-27-72-56-69(24-18-63-32-42-75(43-33-63)85-14-3-7-50-93-85)53-70(57-72)25-19-64-34-44-76(45-35-64)86-15-4-8-51-94-86/h1-15,28-60H,16-27H2. The van der Waals surface area contributed by atoms with E-state index >= 15 is 0 Å². The number of rotatable bonds is 22. The minimum atomic E-state index is 0.926. The van der Waals surface area contributed by atoms with Crippen LogP contribution in [0.15, 0.2) is 292 Å². The van der Waals surface area contributed by atoms with Crippen molar-refractivity contribution in [2.75, 3.05) is 0 Å². The molecule has 0 fully saturated rings. The Hall–Kier alpha value is -11.3. The Morgan fingerprint density at radius 1 is 0.177 bits per heavy atom. The Kier molecular flexibility index (Phi) is 17.0. The van der Waals surface area contributed by atoms with Crippen molar-refractivity contribution in [2.45, 2.75) is 77.0 Å². The highest BCUT2D eigenvalue weighted by Crippen LogP contribution is 2.44. The molecule has 0 aliphatic rings. The van der Waals surface area contributed by atoms with Gasteiger partial charge in [0.1, 0.15) is 6.33 Å². The molecule has 96 heavy (non-hydrogen) atoms. The lowest BCUT2D eigenvalue weighted by Gasteiger charge is -2.17. The van der Waals surface area contributed by atoms with Gasteiger partial charge in [0, 0.05) is 68.6 Å². The first kappa shape index (κ1) is 59.7. The highest BCUT2D eigenvalue weighted by molar-refractivity contribution is 6.38. The molecule has 5 aromatic heterocycles. The molecule has 0 radical (unpaired) electrons. The molecule has 0 atom stereocenters. The third-order valence-corrected chi connectivity index (χ3v) is 19.5. The molecule has 16 aromatic rings. The molecule has 0 aliphatic heterocycles. The fourth-order valence-electron chi connectivity index (χ4n) is 14.4. The van der Waals surface area contributed by atoms with Crippen LogP contribution in [0.4, 0.5) is 0 Å². The maximum Gasteiger partial charge on any atom is 0.116 e. The topological polar surface area (TPSA) is 77.3 Å². The third kappa shape index (κ3) is 13.2. The van der Waals surface area contributed by atoms with E-state index in [1.54, 1.807) is 6.33 Å². The van der Waals surface area contributed by atoms with Crippen LogP contribution in [-0.4, -0.2) is 29.9 Å². The normalized spacial score (nSPS) is 11.6. The maximum absolute atomic E-state index is 5.09. The van der Waals surface area contributed by atoms with Gasteiger partial charge in [-0.25, -0.2) is 9.97 Å². The molecule has 6 nitrogen and oxygen atoms in total. The van der Waals surface area contributed by atoms with Gasteiger partial charge in [0.25, 0.3) is 0 Å². The van der Waals surface area contributed by atoms with Crippen molar-refractivity contribution in [1.29, 1.82) is 0 Å². The first-order valence-corrected chi connectivity index (χ1v) is 34.0. The van der Waals surface area contributed by atoms with Crippen molar-refractivity contribution in [3.05, 3.63) is 359 Å². The fraction of sp³-hybridized carbons (Fsp3) is 0.133. The van der Waals surface area contributed by atoms with Crippen LogP contribution >= 0.6 is 0 Å². The van der Waals surface area contributed by atoms with Crippen LogP contribution < -0.4 is 0 Å². The molecule has 5 heterocycles. The van der Waals surface area contributed by atoms with Crippen molar-refractivity contribution >= 4 is 54.1 Å². The van der Waals surface area contributed by atoms with Gasteiger partial charge in [0.15, 0.2) is 0 Å². The Balaban J connectivity index is 0.665. The monoisotopic (exact) mass is 1240 g/mol. The first-order valence-electron chi connectivity index (χ1n) is 34.0. The molecular formula is C90H72N6. The quantitative estimate of drug-likeness (QED) is 0.0497. The number of nitrogens with zero attached hydrogens (tertiary/aromatic N) is 6. The molecular weight excluding hydrogens is 1170 g/mol. The summed E-state index contributed by atoms with van der Waals surface area (Å²) >= 11 is 0. The summed E-state index contributed by atoms with van der Waals surface area (Å²) in [6.07, 6.45) is 20.7. The average Bonchev–Trinajstić information content (AvgIpc) is 0.705. The lowest BCUT2D eigenvalue weighted by Crippen LogP contribution is -2.00. The Morgan fingerprint density at radius 3 is 0.729 bits per heavy atom. The average molecular weight is 1240 g/mol. The SMILES string of the molecule is c1ccc(-c2ccc(CCc3cc(CCc4ccc(-c5ccccn5)cc4)cc(CCc4ccc5c(c4)c4cccc6c7cc(CCc8cc(CCc9ccc(-c%10ccccn%10)cc9)cc(CCc9ccc(-c%10ccccn%10)cc9)c8)ccc7c7ncnc5c7c46)c3)cc2)nc1. The van der Waals surface area contributed by atoms with Crippen LogP contribution in [0.1, 0.15) is 66.8 Å². The van der Waals surface area contributed by atoms with E-state index in [1.807, 2.05) is 73.3 Å². The molecule has 0 spiro atoms. The molecule has 0 bridgehead atoms. The Bertz CT molecular complexity index is 4810. The second kappa shape index (κ2) is 27.3. The van der Waals surface area contributed by atoms with E-state index in [0.29, 0.717) is 0 Å². The number of aryl methyl sites for hydroxylation is 12. The summed E-state index contributed by atoms with van der Waals surface area (Å²) < 4.78 is 0. The highest BCUT2D eigenvalue weighted by atomic mass is 14.8. The zero-order chi connectivity index (χ0) is 64.0. The van der Waals surface area contributed by atoms with E-state index in [0.717, 1.165) is 138 Å². The second-order valence-corrected chi connectivity index (χ2v) is 25.9. The van der Waals surface area contributed by atoms with Gasteiger partial charge in [-0.3, -0.25) is 19.9 Å². The molecule has 0 amide bonds. The molecule has 0 unspecified atom stereocenters.